The molecule has 0 saturated carbocycles. The Morgan fingerprint density at radius 2 is 1.92 bits per heavy atom. The highest BCUT2D eigenvalue weighted by atomic mass is 19.1. The molecule has 7 nitrogen and oxygen atoms in total. The van der Waals surface area contributed by atoms with Crippen molar-refractivity contribution in [3.63, 3.8) is 0 Å². The summed E-state index contributed by atoms with van der Waals surface area (Å²) in [6.45, 7) is 1.67. The molecule has 0 unspecified atom stereocenters. The Hall–Kier alpha value is -3.16. The van der Waals surface area contributed by atoms with Crippen molar-refractivity contribution in [2.75, 3.05) is 19.5 Å². The van der Waals surface area contributed by atoms with E-state index in [1.807, 2.05) is 0 Å². The lowest BCUT2D eigenvalue weighted by Crippen LogP contribution is -2.16. The van der Waals surface area contributed by atoms with Crippen molar-refractivity contribution in [3.05, 3.63) is 57.4 Å². The average Bonchev–Trinajstić information content (AvgIpc) is 2.55. The number of nitrogens with one attached hydrogen (secondary N) is 1. The van der Waals surface area contributed by atoms with Crippen molar-refractivity contribution in [3.8, 4) is 11.5 Å². The molecule has 0 fully saturated rings. The van der Waals surface area contributed by atoms with Crippen LogP contribution in [0.2, 0.25) is 0 Å². The second-order valence-electron chi connectivity index (χ2n) is 4.87. The van der Waals surface area contributed by atoms with Gasteiger partial charge in [-0.05, 0) is 24.6 Å². The van der Waals surface area contributed by atoms with Crippen LogP contribution in [0.1, 0.15) is 15.9 Å². The number of ether oxygens (including phenoxy) is 2. The van der Waals surface area contributed by atoms with Gasteiger partial charge in [0, 0.05) is 12.1 Å². The minimum Gasteiger partial charge on any atom is -0.493 e. The third kappa shape index (κ3) is 3.27. The number of hydrogen-bond donors (Lipinski definition) is 1. The van der Waals surface area contributed by atoms with Crippen LogP contribution in [0.5, 0.6) is 11.5 Å². The van der Waals surface area contributed by atoms with E-state index in [4.69, 9.17) is 9.47 Å². The van der Waals surface area contributed by atoms with Gasteiger partial charge in [-0.25, -0.2) is 4.39 Å². The number of nitro groups is 1. The number of amides is 1. The third-order valence-electron chi connectivity index (χ3n) is 3.40. The van der Waals surface area contributed by atoms with E-state index < -0.39 is 16.6 Å². The summed E-state index contributed by atoms with van der Waals surface area (Å²) in [6.07, 6.45) is 0. The topological polar surface area (TPSA) is 90.7 Å². The van der Waals surface area contributed by atoms with Gasteiger partial charge in [0.2, 0.25) is 0 Å². The molecule has 0 aliphatic carbocycles. The van der Waals surface area contributed by atoms with E-state index in [9.17, 15) is 19.3 Å². The van der Waals surface area contributed by atoms with Crippen LogP contribution in [-0.4, -0.2) is 25.1 Å². The Kier molecular flexibility index (Phi) is 4.98. The maximum atomic E-state index is 14.1. The molecule has 0 atom stereocenters. The first kappa shape index (κ1) is 17.2. The molecule has 0 radical (unpaired) electrons. The van der Waals surface area contributed by atoms with Gasteiger partial charge in [0.1, 0.15) is 11.4 Å². The number of nitro benzene ring substituents is 1. The van der Waals surface area contributed by atoms with E-state index >= 15 is 0 Å². The summed E-state index contributed by atoms with van der Waals surface area (Å²) in [6, 6.07) is 6.43. The highest BCUT2D eigenvalue weighted by Crippen LogP contribution is 2.33. The van der Waals surface area contributed by atoms with Crippen LogP contribution in [0.25, 0.3) is 0 Å². The summed E-state index contributed by atoms with van der Waals surface area (Å²) >= 11 is 0. The number of anilines is 1. The largest absolute Gasteiger partial charge is 0.493 e. The molecule has 0 saturated heterocycles. The molecule has 2 aromatic carbocycles. The Bertz CT molecular complexity index is 807. The molecule has 24 heavy (non-hydrogen) atoms. The summed E-state index contributed by atoms with van der Waals surface area (Å²) in [5, 5.41) is 13.3. The Labute approximate surface area is 137 Å². The van der Waals surface area contributed by atoms with Gasteiger partial charge in [-0.15, -0.1) is 0 Å². The van der Waals surface area contributed by atoms with Crippen LogP contribution < -0.4 is 14.8 Å². The Morgan fingerprint density at radius 3 is 2.50 bits per heavy atom. The van der Waals surface area contributed by atoms with E-state index in [0.717, 1.165) is 6.07 Å². The maximum absolute atomic E-state index is 14.1. The summed E-state index contributed by atoms with van der Waals surface area (Å²) in [5.74, 6) is -1.46. The van der Waals surface area contributed by atoms with Gasteiger partial charge in [-0.2, -0.15) is 0 Å². The molecule has 2 aromatic rings. The zero-order chi connectivity index (χ0) is 17.9. The second-order valence-corrected chi connectivity index (χ2v) is 4.87. The molecule has 126 valence electrons. The highest BCUT2D eigenvalue weighted by molar-refractivity contribution is 6.07. The van der Waals surface area contributed by atoms with E-state index in [1.165, 1.54) is 38.5 Å². The van der Waals surface area contributed by atoms with Gasteiger partial charge >= 0.3 is 0 Å². The summed E-state index contributed by atoms with van der Waals surface area (Å²) in [5.41, 5.74) is 0.270. The molecular weight excluding hydrogens is 319 g/mol. The minimum atomic E-state index is -0.799. The standard InChI is InChI=1S/C16H15FN2O5/c1-9-4-5-10(19(21)22)8-12(9)18-16(20)14-11(17)6-7-13(23-2)15(14)24-3/h4-8H,1-3H3,(H,18,20). The monoisotopic (exact) mass is 334 g/mol. The van der Waals surface area contributed by atoms with Crippen LogP contribution >= 0.6 is 0 Å². The van der Waals surface area contributed by atoms with Crippen molar-refractivity contribution in [2.45, 2.75) is 6.92 Å². The van der Waals surface area contributed by atoms with Crippen LogP contribution in [0.3, 0.4) is 0 Å². The Morgan fingerprint density at radius 1 is 1.21 bits per heavy atom. The van der Waals surface area contributed by atoms with Crippen LogP contribution in [0, 0.1) is 22.9 Å². The lowest BCUT2D eigenvalue weighted by molar-refractivity contribution is -0.384. The predicted octanol–water partition coefficient (Wildman–Crippen LogP) is 3.31. The number of carbonyl (C=O) groups is 1. The average molecular weight is 334 g/mol. The van der Waals surface area contributed by atoms with Crippen molar-refractivity contribution in [1.82, 2.24) is 0 Å². The molecular formula is C16H15FN2O5. The maximum Gasteiger partial charge on any atom is 0.271 e. The number of carbonyl (C=O) groups excluding carboxylic acids is 1. The van der Waals surface area contributed by atoms with Crippen LogP contribution in [0.4, 0.5) is 15.8 Å². The van der Waals surface area contributed by atoms with Gasteiger partial charge in [-0.3, -0.25) is 14.9 Å². The van der Waals surface area contributed by atoms with E-state index in [1.54, 1.807) is 6.92 Å². The second kappa shape index (κ2) is 6.95. The zero-order valence-electron chi connectivity index (χ0n) is 13.3. The quantitative estimate of drug-likeness (QED) is 0.669. The third-order valence-corrected chi connectivity index (χ3v) is 3.40. The first-order valence-corrected chi connectivity index (χ1v) is 6.86. The number of aryl methyl sites for hydroxylation is 1. The smallest absolute Gasteiger partial charge is 0.271 e. The number of non-ortho nitro benzene ring substituents is 1. The molecule has 2 rings (SSSR count). The number of nitrogens with zero attached hydrogens (tertiary/aromatic N) is 1. The van der Waals surface area contributed by atoms with Gasteiger partial charge in [0.15, 0.2) is 11.5 Å². The van der Waals surface area contributed by atoms with E-state index in [2.05, 4.69) is 5.32 Å². The lowest BCUT2D eigenvalue weighted by atomic mass is 10.1. The van der Waals surface area contributed by atoms with Crippen LogP contribution in [0.15, 0.2) is 30.3 Å². The van der Waals surface area contributed by atoms with Gasteiger partial charge in [0.25, 0.3) is 11.6 Å². The van der Waals surface area contributed by atoms with Gasteiger partial charge < -0.3 is 14.8 Å². The zero-order valence-corrected chi connectivity index (χ0v) is 13.3. The molecule has 1 N–H and O–H groups in total. The fourth-order valence-corrected chi connectivity index (χ4v) is 2.16. The molecule has 1 amide bonds. The van der Waals surface area contributed by atoms with Crippen molar-refractivity contribution < 1.29 is 23.6 Å². The predicted molar refractivity (Wildman–Crippen MR) is 85.3 cm³/mol. The fourth-order valence-electron chi connectivity index (χ4n) is 2.16. The Balaban J connectivity index is 2.44. The van der Waals surface area contributed by atoms with Crippen LogP contribution in [-0.2, 0) is 0 Å². The molecule has 8 heteroatoms. The molecule has 0 heterocycles. The summed E-state index contributed by atoms with van der Waals surface area (Å²) < 4.78 is 24.2. The molecule has 0 bridgehead atoms. The first-order valence-electron chi connectivity index (χ1n) is 6.86. The number of benzene rings is 2. The molecule has 0 spiro atoms. The van der Waals surface area contributed by atoms with E-state index in [0.29, 0.717) is 5.56 Å². The van der Waals surface area contributed by atoms with Gasteiger partial charge in [-0.1, -0.05) is 6.07 Å². The fraction of sp³-hybridized carbons (Fsp3) is 0.188. The number of rotatable bonds is 5. The number of hydrogen-bond acceptors (Lipinski definition) is 5. The molecule has 0 aromatic heterocycles. The highest BCUT2D eigenvalue weighted by Gasteiger charge is 2.23. The minimum absolute atomic E-state index is 0.0573. The molecule has 0 aliphatic rings. The normalized spacial score (nSPS) is 10.2. The summed E-state index contributed by atoms with van der Waals surface area (Å²) in [7, 11) is 2.65. The lowest BCUT2D eigenvalue weighted by Gasteiger charge is -2.14. The number of halogens is 1. The van der Waals surface area contributed by atoms with Crippen molar-refractivity contribution in [1.29, 1.82) is 0 Å². The SMILES string of the molecule is COc1ccc(F)c(C(=O)Nc2cc([N+](=O)[O-])ccc2C)c1OC. The van der Waals surface area contributed by atoms with Crippen molar-refractivity contribution >= 4 is 17.3 Å². The van der Waals surface area contributed by atoms with E-state index in [-0.39, 0.29) is 28.4 Å². The molecule has 0 aliphatic heterocycles. The van der Waals surface area contributed by atoms with Crippen molar-refractivity contribution in [2.24, 2.45) is 0 Å². The summed E-state index contributed by atoms with van der Waals surface area (Å²) in [4.78, 5) is 22.7. The van der Waals surface area contributed by atoms with Gasteiger partial charge in [0.05, 0.1) is 24.8 Å². The number of methoxy groups -OCH3 is 2. The first-order chi connectivity index (χ1) is 11.4.